The van der Waals surface area contributed by atoms with Crippen LogP contribution in [0, 0.1) is 6.92 Å². The van der Waals surface area contributed by atoms with Crippen LogP contribution in [0.3, 0.4) is 0 Å². The predicted octanol–water partition coefficient (Wildman–Crippen LogP) is 4.53. The smallest absolute Gasteiger partial charge is 0.266 e. The summed E-state index contributed by atoms with van der Waals surface area (Å²) in [7, 11) is 0. The molecule has 0 radical (unpaired) electrons. The van der Waals surface area contributed by atoms with E-state index in [1.807, 2.05) is 31.2 Å². The Morgan fingerprint density at radius 3 is 2.90 bits per heavy atom. The van der Waals surface area contributed by atoms with E-state index in [9.17, 15) is 9.59 Å². The summed E-state index contributed by atoms with van der Waals surface area (Å²) in [6.07, 6.45) is 1.62. The van der Waals surface area contributed by atoms with Crippen LogP contribution in [0.1, 0.15) is 5.56 Å². The fourth-order valence-electron chi connectivity index (χ4n) is 2.80. The molecule has 2 aromatic carbocycles. The highest BCUT2D eigenvalue weighted by Crippen LogP contribution is 2.24. The van der Waals surface area contributed by atoms with Gasteiger partial charge in [-0.25, -0.2) is 9.97 Å². The first-order valence-corrected chi connectivity index (χ1v) is 10.9. The topological polar surface area (TPSA) is 76.9 Å². The summed E-state index contributed by atoms with van der Waals surface area (Å²) in [5, 5.41) is 6.43. The summed E-state index contributed by atoms with van der Waals surface area (Å²) in [6.45, 7) is 1.96. The number of carbonyl (C=O) groups is 1. The maximum absolute atomic E-state index is 13.2. The lowest BCUT2D eigenvalue weighted by molar-refractivity contribution is -0.113. The van der Waals surface area contributed by atoms with E-state index in [1.165, 1.54) is 27.7 Å². The lowest BCUT2D eigenvalue weighted by Gasteiger charge is -2.13. The normalized spacial score (nSPS) is 11.0. The van der Waals surface area contributed by atoms with Crippen LogP contribution in [-0.4, -0.2) is 26.2 Å². The molecule has 146 valence electrons. The van der Waals surface area contributed by atoms with Crippen molar-refractivity contribution in [3.63, 3.8) is 0 Å². The van der Waals surface area contributed by atoms with Crippen molar-refractivity contribution in [2.24, 2.45) is 0 Å². The van der Waals surface area contributed by atoms with Gasteiger partial charge in [0.05, 0.1) is 22.3 Å². The number of anilines is 1. The lowest BCUT2D eigenvalue weighted by atomic mass is 10.2. The maximum Gasteiger partial charge on any atom is 0.266 e. The van der Waals surface area contributed by atoms with Crippen molar-refractivity contribution in [2.75, 3.05) is 11.1 Å². The number of aryl methyl sites for hydroxylation is 1. The van der Waals surface area contributed by atoms with Crippen molar-refractivity contribution >= 4 is 56.6 Å². The molecular weight excluding hydrogens is 428 g/mol. The Morgan fingerprint density at radius 2 is 2.14 bits per heavy atom. The largest absolute Gasteiger partial charge is 0.301 e. The Morgan fingerprint density at radius 1 is 1.28 bits per heavy atom. The Kier molecular flexibility index (Phi) is 5.66. The van der Waals surface area contributed by atoms with Crippen LogP contribution in [0.2, 0.25) is 5.02 Å². The number of amides is 1. The Balaban J connectivity index is 1.75. The second kappa shape index (κ2) is 8.36. The van der Waals surface area contributed by atoms with Crippen molar-refractivity contribution in [3.05, 3.63) is 75.0 Å². The zero-order chi connectivity index (χ0) is 20.4. The molecule has 4 aromatic rings. The fourth-order valence-corrected chi connectivity index (χ4v) is 4.32. The standard InChI is InChI=1S/C20H15ClN4O2S2/c1-12-3-2-4-14(9-12)25-18(27)15-6-5-13(21)10-16(15)23-20(25)29-11-17(26)24-19-22-7-8-28-19/h2-10H,11H2,1H3,(H,22,24,26). The molecule has 0 spiro atoms. The summed E-state index contributed by atoms with van der Waals surface area (Å²) in [6, 6.07) is 12.6. The van der Waals surface area contributed by atoms with E-state index in [4.69, 9.17) is 11.6 Å². The van der Waals surface area contributed by atoms with E-state index in [-0.39, 0.29) is 17.2 Å². The molecule has 6 nitrogen and oxygen atoms in total. The zero-order valence-electron chi connectivity index (χ0n) is 15.3. The highest BCUT2D eigenvalue weighted by atomic mass is 35.5. The van der Waals surface area contributed by atoms with Crippen LogP contribution in [0.5, 0.6) is 0 Å². The lowest BCUT2D eigenvalue weighted by Crippen LogP contribution is -2.23. The number of fused-ring (bicyclic) bond motifs is 1. The molecule has 0 fully saturated rings. The van der Waals surface area contributed by atoms with E-state index >= 15 is 0 Å². The first-order valence-electron chi connectivity index (χ1n) is 8.63. The second-order valence-electron chi connectivity index (χ2n) is 6.21. The van der Waals surface area contributed by atoms with Gasteiger partial charge in [0, 0.05) is 16.6 Å². The van der Waals surface area contributed by atoms with Crippen LogP contribution < -0.4 is 10.9 Å². The van der Waals surface area contributed by atoms with Gasteiger partial charge in [-0.05, 0) is 42.8 Å². The fraction of sp³-hybridized carbons (Fsp3) is 0.100. The van der Waals surface area contributed by atoms with E-state index in [1.54, 1.807) is 29.8 Å². The summed E-state index contributed by atoms with van der Waals surface area (Å²) in [4.78, 5) is 34.2. The van der Waals surface area contributed by atoms with Gasteiger partial charge in [0.2, 0.25) is 5.91 Å². The summed E-state index contributed by atoms with van der Waals surface area (Å²) in [5.74, 6) is -0.134. The number of nitrogens with one attached hydrogen (secondary N) is 1. The van der Waals surface area contributed by atoms with E-state index < -0.39 is 0 Å². The third-order valence-electron chi connectivity index (χ3n) is 4.07. The van der Waals surface area contributed by atoms with Gasteiger partial charge < -0.3 is 5.32 Å². The molecule has 9 heteroatoms. The number of aromatic nitrogens is 3. The molecule has 0 saturated heterocycles. The maximum atomic E-state index is 13.2. The highest BCUT2D eigenvalue weighted by Gasteiger charge is 2.15. The van der Waals surface area contributed by atoms with Crippen molar-refractivity contribution in [1.29, 1.82) is 0 Å². The molecule has 1 amide bonds. The average Bonchev–Trinajstić information content (AvgIpc) is 3.19. The monoisotopic (exact) mass is 442 g/mol. The van der Waals surface area contributed by atoms with Gasteiger partial charge in [0.15, 0.2) is 10.3 Å². The summed E-state index contributed by atoms with van der Waals surface area (Å²) < 4.78 is 1.53. The van der Waals surface area contributed by atoms with Crippen LogP contribution in [-0.2, 0) is 4.79 Å². The number of hydrogen-bond donors (Lipinski definition) is 1. The molecule has 4 rings (SSSR count). The Bertz CT molecular complexity index is 1260. The molecule has 0 atom stereocenters. The van der Waals surface area contributed by atoms with Gasteiger partial charge in [0.1, 0.15) is 0 Å². The molecule has 0 saturated carbocycles. The van der Waals surface area contributed by atoms with Gasteiger partial charge in [-0.15, -0.1) is 11.3 Å². The highest BCUT2D eigenvalue weighted by molar-refractivity contribution is 7.99. The number of halogens is 1. The third-order valence-corrected chi connectivity index (χ3v) is 5.93. The third kappa shape index (κ3) is 4.34. The average molecular weight is 443 g/mol. The van der Waals surface area contributed by atoms with Gasteiger partial charge in [0.25, 0.3) is 5.56 Å². The van der Waals surface area contributed by atoms with Gasteiger partial charge in [-0.2, -0.15) is 0 Å². The van der Waals surface area contributed by atoms with Gasteiger partial charge >= 0.3 is 0 Å². The van der Waals surface area contributed by atoms with Crippen LogP contribution in [0.4, 0.5) is 5.13 Å². The number of thioether (sulfide) groups is 1. The van der Waals surface area contributed by atoms with E-state index in [2.05, 4.69) is 15.3 Å². The molecule has 0 aliphatic heterocycles. The van der Waals surface area contributed by atoms with Gasteiger partial charge in [-0.1, -0.05) is 35.5 Å². The minimum atomic E-state index is -0.221. The van der Waals surface area contributed by atoms with Crippen LogP contribution >= 0.6 is 34.7 Å². The van der Waals surface area contributed by atoms with Gasteiger partial charge in [-0.3, -0.25) is 14.2 Å². The van der Waals surface area contributed by atoms with Crippen molar-refractivity contribution in [3.8, 4) is 5.69 Å². The molecule has 0 unspecified atom stereocenters. The number of thiazole rings is 1. The first-order chi connectivity index (χ1) is 14.0. The first kappa shape index (κ1) is 19.6. The predicted molar refractivity (Wildman–Crippen MR) is 119 cm³/mol. The van der Waals surface area contributed by atoms with Crippen molar-refractivity contribution in [2.45, 2.75) is 12.1 Å². The zero-order valence-corrected chi connectivity index (χ0v) is 17.6. The molecule has 1 N–H and O–H groups in total. The molecule has 0 aliphatic carbocycles. The van der Waals surface area contributed by atoms with Crippen LogP contribution in [0.25, 0.3) is 16.6 Å². The molecule has 29 heavy (non-hydrogen) atoms. The SMILES string of the molecule is Cc1cccc(-n2c(SCC(=O)Nc3nccs3)nc3cc(Cl)ccc3c2=O)c1. The molecule has 0 bridgehead atoms. The number of hydrogen-bond acceptors (Lipinski definition) is 6. The number of rotatable bonds is 5. The van der Waals surface area contributed by atoms with Crippen LogP contribution in [0.15, 0.2) is 64.0 Å². The summed E-state index contributed by atoms with van der Waals surface area (Å²) >= 11 is 8.61. The minimum absolute atomic E-state index is 0.0872. The molecular formula is C20H15ClN4O2S2. The Hall–Kier alpha value is -2.68. The summed E-state index contributed by atoms with van der Waals surface area (Å²) in [5.41, 5.74) is 2.00. The number of benzene rings is 2. The van der Waals surface area contributed by atoms with E-state index in [0.717, 1.165) is 5.56 Å². The van der Waals surface area contributed by atoms with E-state index in [0.29, 0.717) is 31.9 Å². The van der Waals surface area contributed by atoms with Crippen molar-refractivity contribution < 1.29 is 4.79 Å². The number of carbonyl (C=O) groups excluding carboxylic acids is 1. The molecule has 0 aliphatic rings. The quantitative estimate of drug-likeness (QED) is 0.363. The van der Waals surface area contributed by atoms with Crippen molar-refractivity contribution in [1.82, 2.24) is 14.5 Å². The molecule has 2 heterocycles. The number of nitrogens with zero attached hydrogens (tertiary/aromatic N) is 3. The minimum Gasteiger partial charge on any atom is -0.301 e. The Labute approximate surface area is 179 Å². The molecule has 2 aromatic heterocycles. The second-order valence-corrected chi connectivity index (χ2v) is 8.48.